The van der Waals surface area contributed by atoms with Crippen LogP contribution in [0.1, 0.15) is 7.43 Å². The van der Waals surface area contributed by atoms with E-state index in [1.54, 1.807) is 49.8 Å². The molecule has 0 N–H and O–H groups in total. The van der Waals surface area contributed by atoms with Gasteiger partial charge >= 0.3 is 63.5 Å². The van der Waals surface area contributed by atoms with Crippen LogP contribution in [0.5, 0.6) is 0 Å². The molecule has 6 aromatic rings. The highest BCUT2D eigenvalue weighted by Gasteiger charge is 2.52. The van der Waals surface area contributed by atoms with Crippen molar-refractivity contribution >= 4 is 94.7 Å². The molecule has 0 saturated heterocycles. The molecule has 0 unspecified atom stereocenters. The van der Waals surface area contributed by atoms with Crippen LogP contribution in [-0.2, 0) is 51.6 Å². The number of hydrogen-bond acceptors (Lipinski definition) is 12. The zero-order valence-electron chi connectivity index (χ0n) is 37.0. The van der Waals surface area contributed by atoms with Crippen molar-refractivity contribution in [1.29, 1.82) is 0 Å². The Labute approximate surface area is 390 Å². The zero-order chi connectivity index (χ0) is 45.0. The molecule has 0 bridgehead atoms. The highest BCUT2D eigenvalue weighted by Crippen LogP contribution is 2.20. The van der Waals surface area contributed by atoms with E-state index in [0.29, 0.717) is 0 Å². The molecule has 342 valence electrons. The van der Waals surface area contributed by atoms with E-state index in [1.165, 1.54) is 0 Å². The standard InChI is InChI=1S/C29H38O8Si5.C15H20O4Si2.CH4/c1-30-39(31-2)36-41(26-18-10-6-11-19-26,27-20-12-7-13-21-27)34-38(5)35-42(37-40(32-3)33-4,28-22-14-8-15-23-28)29-24-16-9-17-25-29;1-16-20(17-2)19-21(18-3,14-10-6-4-7-11-14)15-12-8-5-9-13-15;/h6-25,38-40H,1-5H3;4-13,20H,1-3H3;1H4. The monoisotopic (exact) mass is 990 g/mol. The predicted molar refractivity (Wildman–Crippen MR) is 269 cm³/mol. The van der Waals surface area contributed by atoms with Gasteiger partial charge in [-0.05, 0) is 37.7 Å². The van der Waals surface area contributed by atoms with Gasteiger partial charge in [-0.25, -0.2) is 0 Å². The third kappa shape index (κ3) is 13.3. The second-order valence-electron chi connectivity index (χ2n) is 13.7. The third-order valence-corrected chi connectivity index (χ3v) is 30.9. The van der Waals surface area contributed by atoms with Crippen LogP contribution in [0.4, 0.5) is 0 Å². The molecule has 0 aliphatic carbocycles. The summed E-state index contributed by atoms with van der Waals surface area (Å²) in [6, 6.07) is 60.1. The smallest absolute Gasteiger partial charge is 0.411 e. The van der Waals surface area contributed by atoms with E-state index in [1.807, 2.05) is 189 Å². The highest BCUT2D eigenvalue weighted by molar-refractivity contribution is 7.01. The van der Waals surface area contributed by atoms with Crippen LogP contribution in [0.3, 0.4) is 0 Å². The Morgan fingerprint density at radius 1 is 0.281 bits per heavy atom. The fraction of sp³-hybridized carbons (Fsp3) is 0.200. The molecule has 0 radical (unpaired) electrons. The maximum atomic E-state index is 7.19. The lowest BCUT2D eigenvalue weighted by atomic mass is 10.4. The van der Waals surface area contributed by atoms with Crippen molar-refractivity contribution in [3.63, 3.8) is 0 Å². The van der Waals surface area contributed by atoms with Crippen molar-refractivity contribution in [2.45, 2.75) is 14.0 Å². The van der Waals surface area contributed by atoms with Crippen molar-refractivity contribution < 1.29 is 51.6 Å². The lowest BCUT2D eigenvalue weighted by molar-refractivity contribution is 0.178. The van der Waals surface area contributed by atoms with Crippen molar-refractivity contribution in [1.82, 2.24) is 0 Å². The van der Waals surface area contributed by atoms with Crippen LogP contribution in [-0.4, -0.2) is 113 Å². The summed E-state index contributed by atoms with van der Waals surface area (Å²) in [6.45, 7) is 2.01. The summed E-state index contributed by atoms with van der Waals surface area (Å²) in [7, 11) is -8.32. The van der Waals surface area contributed by atoms with E-state index in [2.05, 4.69) is 0 Å². The second-order valence-corrected chi connectivity index (χ2v) is 31.7. The van der Waals surface area contributed by atoms with Crippen LogP contribution in [0.15, 0.2) is 182 Å². The van der Waals surface area contributed by atoms with Crippen LogP contribution in [0, 0.1) is 0 Å². The Morgan fingerprint density at radius 3 is 0.656 bits per heavy atom. The fourth-order valence-electron chi connectivity index (χ4n) is 6.94. The number of rotatable bonds is 23. The third-order valence-electron chi connectivity index (χ3n) is 9.82. The maximum Gasteiger partial charge on any atom is 0.475 e. The maximum absolute atomic E-state index is 7.19. The van der Waals surface area contributed by atoms with Gasteiger partial charge in [0.05, 0.1) is 0 Å². The summed E-state index contributed by atoms with van der Waals surface area (Å²) >= 11 is 0. The minimum absolute atomic E-state index is 0. The molecule has 0 spiro atoms. The lowest BCUT2D eigenvalue weighted by Gasteiger charge is -2.40. The molecule has 0 saturated carbocycles. The summed E-state index contributed by atoms with van der Waals surface area (Å²) < 4.78 is 73.7. The van der Waals surface area contributed by atoms with Crippen molar-refractivity contribution in [2.75, 3.05) is 49.8 Å². The molecule has 6 aromatic carbocycles. The Bertz CT molecular complexity index is 1910. The highest BCUT2D eigenvalue weighted by atomic mass is 28.5. The van der Waals surface area contributed by atoms with Gasteiger partial charge in [-0.3, -0.25) is 0 Å². The van der Waals surface area contributed by atoms with Gasteiger partial charge in [-0.2, -0.15) is 0 Å². The van der Waals surface area contributed by atoms with E-state index < -0.39 is 63.5 Å². The first-order chi connectivity index (χ1) is 30.8. The first-order valence-corrected chi connectivity index (χ1v) is 32.0. The first kappa shape index (κ1) is 53.0. The molecular formula is C45H62O12Si7. The molecule has 0 atom stereocenters. The summed E-state index contributed by atoms with van der Waals surface area (Å²) in [5, 5.41) is 5.79. The van der Waals surface area contributed by atoms with Crippen LogP contribution < -0.4 is 31.1 Å². The van der Waals surface area contributed by atoms with Crippen LogP contribution in [0.25, 0.3) is 0 Å². The predicted octanol–water partition coefficient (Wildman–Crippen LogP) is 2.99. The molecule has 0 fully saturated rings. The molecule has 19 heteroatoms. The van der Waals surface area contributed by atoms with Gasteiger partial charge < -0.3 is 51.6 Å². The molecule has 0 aliphatic heterocycles. The second kappa shape index (κ2) is 27.1. The Hall–Kier alpha value is -3.64. The first-order valence-electron chi connectivity index (χ1n) is 20.2. The largest absolute Gasteiger partial charge is 0.475 e. The van der Waals surface area contributed by atoms with E-state index in [4.69, 9.17) is 51.6 Å². The Kier molecular flexibility index (Phi) is 22.4. The lowest BCUT2D eigenvalue weighted by Crippen LogP contribution is -2.71. The average Bonchev–Trinajstić information content (AvgIpc) is 3.36. The summed E-state index contributed by atoms with van der Waals surface area (Å²) in [4.78, 5) is 0. The van der Waals surface area contributed by atoms with E-state index in [9.17, 15) is 0 Å². The van der Waals surface area contributed by atoms with Gasteiger partial charge in [-0.15, -0.1) is 0 Å². The normalized spacial score (nSPS) is 12.0. The van der Waals surface area contributed by atoms with Gasteiger partial charge in [0.1, 0.15) is 0 Å². The minimum Gasteiger partial charge on any atom is -0.411 e. The summed E-state index contributed by atoms with van der Waals surface area (Å²) in [5.41, 5.74) is 0. The molecule has 6 rings (SSSR count). The van der Waals surface area contributed by atoms with Gasteiger partial charge in [0.15, 0.2) is 0 Å². The number of benzene rings is 6. The van der Waals surface area contributed by atoms with Crippen molar-refractivity contribution in [3.05, 3.63) is 182 Å². The molecule has 12 nitrogen and oxygen atoms in total. The summed E-state index contributed by atoms with van der Waals surface area (Å²) in [6.07, 6.45) is 0. The van der Waals surface area contributed by atoms with Gasteiger partial charge in [0.2, 0.25) is 0 Å². The van der Waals surface area contributed by atoms with E-state index >= 15 is 0 Å². The molecule has 0 aliphatic rings. The van der Waals surface area contributed by atoms with Gasteiger partial charge in [-0.1, -0.05) is 189 Å². The number of hydrogen-bond donors (Lipinski definition) is 0. The molecule has 0 amide bonds. The van der Waals surface area contributed by atoms with Crippen molar-refractivity contribution in [3.8, 4) is 0 Å². The van der Waals surface area contributed by atoms with Gasteiger partial charge in [0.25, 0.3) is 0 Å². The topological polar surface area (TPSA) is 111 Å². The molecule has 64 heavy (non-hydrogen) atoms. The molecule has 0 heterocycles. The van der Waals surface area contributed by atoms with Gasteiger partial charge in [0, 0.05) is 49.8 Å². The Balaban J connectivity index is 0.000000343. The fourth-order valence-corrected chi connectivity index (χ4v) is 30.0. The van der Waals surface area contributed by atoms with Crippen LogP contribution >= 0.6 is 0 Å². The molecule has 0 aromatic heterocycles. The minimum atomic E-state index is -3.41. The average molecular weight is 992 g/mol. The summed E-state index contributed by atoms with van der Waals surface area (Å²) in [5.74, 6) is 0. The van der Waals surface area contributed by atoms with Crippen molar-refractivity contribution in [2.24, 2.45) is 0 Å². The quantitative estimate of drug-likeness (QED) is 0.0882. The molecular weight excluding hydrogens is 929 g/mol. The SMILES string of the molecule is C.CO[SiH](OC)O[Si](OC)(c1ccccc1)c1ccccc1.CO[SiH](OC)O[Si](O[SiH](C)O[Si](O[SiH](OC)OC)(c1ccccc1)c1ccccc1)(c1ccccc1)c1ccccc1. The Morgan fingerprint density at radius 2 is 0.469 bits per heavy atom. The van der Waals surface area contributed by atoms with E-state index in [0.717, 1.165) is 31.1 Å². The van der Waals surface area contributed by atoms with E-state index in [-0.39, 0.29) is 7.43 Å². The zero-order valence-corrected chi connectivity index (χ0v) is 44.6. The van der Waals surface area contributed by atoms with Crippen LogP contribution in [0.2, 0.25) is 6.55 Å².